The van der Waals surface area contributed by atoms with Crippen LogP contribution in [0.15, 0.2) is 18.5 Å². The van der Waals surface area contributed by atoms with Gasteiger partial charge < -0.3 is 10.0 Å². The summed E-state index contributed by atoms with van der Waals surface area (Å²) >= 11 is 5.97. The molecule has 10 heteroatoms. The van der Waals surface area contributed by atoms with Gasteiger partial charge in [-0.2, -0.15) is 28.6 Å². The fraction of sp³-hybridized carbons (Fsp3) is 0.462. The molecule has 0 unspecified atom stereocenters. The molecule has 2 aromatic heterocycles. The summed E-state index contributed by atoms with van der Waals surface area (Å²) < 4.78 is 38.0. The van der Waals surface area contributed by atoms with Gasteiger partial charge in [0.05, 0.1) is 23.3 Å². The Morgan fingerprint density at radius 2 is 2.13 bits per heavy atom. The van der Waals surface area contributed by atoms with E-state index in [-0.39, 0.29) is 17.4 Å². The summed E-state index contributed by atoms with van der Waals surface area (Å²) in [6, 6.07) is 0.841. The largest absolute Gasteiger partial charge is 0.417 e. The van der Waals surface area contributed by atoms with Crippen LogP contribution in [0.5, 0.6) is 0 Å². The van der Waals surface area contributed by atoms with Crippen molar-refractivity contribution in [3.63, 3.8) is 0 Å². The number of aliphatic hydroxyl groups is 1. The third-order valence-electron chi connectivity index (χ3n) is 3.81. The van der Waals surface area contributed by atoms with Gasteiger partial charge in [0.2, 0.25) is 0 Å². The molecule has 23 heavy (non-hydrogen) atoms. The summed E-state index contributed by atoms with van der Waals surface area (Å²) in [5, 5.41) is 20.6. The van der Waals surface area contributed by atoms with Gasteiger partial charge in [-0.15, -0.1) is 0 Å². The fourth-order valence-corrected chi connectivity index (χ4v) is 2.96. The molecule has 0 saturated carbocycles. The monoisotopic (exact) mass is 347 g/mol. The minimum atomic E-state index is -4.50. The second-order valence-electron chi connectivity index (χ2n) is 5.44. The lowest BCUT2D eigenvalue weighted by atomic mass is 9.90. The number of nitrogens with one attached hydrogen (secondary N) is 1. The molecule has 124 valence electrons. The number of halogens is 4. The van der Waals surface area contributed by atoms with Gasteiger partial charge in [0, 0.05) is 12.7 Å². The Morgan fingerprint density at radius 1 is 1.35 bits per heavy atom. The Balaban J connectivity index is 1.87. The van der Waals surface area contributed by atoms with Crippen LogP contribution in [0.2, 0.25) is 5.02 Å². The third kappa shape index (κ3) is 3.11. The van der Waals surface area contributed by atoms with Gasteiger partial charge >= 0.3 is 6.18 Å². The van der Waals surface area contributed by atoms with Gasteiger partial charge in [0.1, 0.15) is 17.1 Å². The maximum absolute atomic E-state index is 12.7. The highest BCUT2D eigenvalue weighted by Gasteiger charge is 2.39. The number of hydrogen-bond acceptors (Lipinski definition) is 5. The van der Waals surface area contributed by atoms with Crippen LogP contribution in [0.4, 0.5) is 19.0 Å². The molecule has 1 saturated heterocycles. The Labute approximate surface area is 134 Å². The number of anilines is 1. The summed E-state index contributed by atoms with van der Waals surface area (Å²) in [4.78, 5) is 5.49. The topological polar surface area (TPSA) is 77.9 Å². The van der Waals surface area contributed by atoms with Crippen molar-refractivity contribution in [2.45, 2.75) is 24.6 Å². The first kappa shape index (κ1) is 16.0. The SMILES string of the molecule is O[C@]1(c2cn[nH]n2)CCCN(c2ncc(C(F)(F)F)cc2Cl)C1. The summed E-state index contributed by atoms with van der Waals surface area (Å²) in [5.41, 5.74) is -1.78. The van der Waals surface area contributed by atoms with Gasteiger partial charge in [0.25, 0.3) is 0 Å². The molecule has 3 rings (SSSR count). The third-order valence-corrected chi connectivity index (χ3v) is 4.09. The number of rotatable bonds is 2. The minimum absolute atomic E-state index is 0.107. The molecule has 1 aliphatic heterocycles. The van der Waals surface area contributed by atoms with E-state index >= 15 is 0 Å². The Morgan fingerprint density at radius 3 is 2.74 bits per heavy atom. The first-order chi connectivity index (χ1) is 10.8. The molecule has 0 spiro atoms. The molecule has 0 radical (unpaired) electrons. The second-order valence-corrected chi connectivity index (χ2v) is 5.85. The average Bonchev–Trinajstić information content (AvgIpc) is 3.01. The smallest absolute Gasteiger partial charge is 0.382 e. The summed E-state index contributed by atoms with van der Waals surface area (Å²) in [7, 11) is 0. The van der Waals surface area contributed by atoms with Crippen LogP contribution in [0.3, 0.4) is 0 Å². The summed E-state index contributed by atoms with van der Waals surface area (Å²) in [5.74, 6) is 0.210. The summed E-state index contributed by atoms with van der Waals surface area (Å²) in [6.07, 6.45) is -1.26. The van der Waals surface area contributed by atoms with Gasteiger partial charge in [-0.3, -0.25) is 0 Å². The lowest BCUT2D eigenvalue weighted by Crippen LogP contribution is -2.47. The van der Waals surface area contributed by atoms with E-state index in [4.69, 9.17) is 11.6 Å². The molecule has 2 N–H and O–H groups in total. The maximum atomic E-state index is 12.7. The van der Waals surface area contributed by atoms with E-state index < -0.39 is 17.3 Å². The molecule has 3 heterocycles. The first-order valence-corrected chi connectivity index (χ1v) is 7.24. The van der Waals surface area contributed by atoms with Crippen LogP contribution >= 0.6 is 11.6 Å². The van der Waals surface area contributed by atoms with E-state index in [0.29, 0.717) is 25.1 Å². The second kappa shape index (κ2) is 5.64. The van der Waals surface area contributed by atoms with Gasteiger partial charge in [-0.1, -0.05) is 11.6 Å². The van der Waals surface area contributed by atoms with Crippen molar-refractivity contribution in [3.8, 4) is 0 Å². The molecule has 0 amide bonds. The zero-order chi connectivity index (χ0) is 16.7. The normalized spacial score (nSPS) is 22.4. The number of pyridine rings is 1. The molecule has 6 nitrogen and oxygen atoms in total. The predicted molar refractivity (Wildman–Crippen MR) is 76.0 cm³/mol. The van der Waals surface area contributed by atoms with Crippen molar-refractivity contribution in [1.29, 1.82) is 0 Å². The quantitative estimate of drug-likeness (QED) is 0.872. The van der Waals surface area contributed by atoms with Crippen molar-refractivity contribution in [2.24, 2.45) is 0 Å². The number of β-amino-alcohol motifs (C(OH)–C–C–N with tert-alkyl or cyclic N) is 1. The Bertz CT molecular complexity index is 693. The zero-order valence-corrected chi connectivity index (χ0v) is 12.6. The van der Waals surface area contributed by atoms with Crippen molar-refractivity contribution in [2.75, 3.05) is 18.0 Å². The number of hydrogen-bond donors (Lipinski definition) is 2. The molecule has 1 fully saturated rings. The van der Waals surface area contributed by atoms with Crippen molar-refractivity contribution in [3.05, 3.63) is 34.7 Å². The van der Waals surface area contributed by atoms with Gasteiger partial charge in [-0.25, -0.2) is 4.98 Å². The van der Waals surface area contributed by atoms with E-state index in [1.165, 1.54) is 6.20 Å². The number of aromatic amines is 1. The van der Waals surface area contributed by atoms with E-state index in [1.54, 1.807) is 4.90 Å². The van der Waals surface area contributed by atoms with Crippen molar-refractivity contribution < 1.29 is 18.3 Å². The maximum Gasteiger partial charge on any atom is 0.417 e. The van der Waals surface area contributed by atoms with E-state index in [9.17, 15) is 18.3 Å². The average molecular weight is 348 g/mol. The molecule has 2 aromatic rings. The molecule has 0 aromatic carbocycles. The van der Waals surface area contributed by atoms with Crippen LogP contribution in [-0.2, 0) is 11.8 Å². The van der Waals surface area contributed by atoms with Crippen LogP contribution < -0.4 is 4.90 Å². The predicted octanol–water partition coefficient (Wildman–Crippen LogP) is 2.36. The lowest BCUT2D eigenvalue weighted by molar-refractivity contribution is -0.137. The fourth-order valence-electron chi connectivity index (χ4n) is 2.67. The Hall–Kier alpha value is -1.87. The number of piperidine rings is 1. The molecular formula is C13H13ClF3N5O. The number of alkyl halides is 3. The van der Waals surface area contributed by atoms with Crippen LogP contribution in [-0.4, -0.2) is 38.6 Å². The zero-order valence-electron chi connectivity index (χ0n) is 11.8. The highest BCUT2D eigenvalue weighted by molar-refractivity contribution is 6.33. The number of aromatic nitrogens is 4. The van der Waals surface area contributed by atoms with Gasteiger partial charge in [-0.05, 0) is 18.9 Å². The molecule has 0 bridgehead atoms. The molecule has 1 aliphatic rings. The van der Waals surface area contributed by atoms with Gasteiger partial charge in [0.15, 0.2) is 0 Å². The number of H-pyrrole nitrogens is 1. The van der Waals surface area contributed by atoms with Crippen LogP contribution in [0.1, 0.15) is 24.1 Å². The van der Waals surface area contributed by atoms with Crippen LogP contribution in [0, 0.1) is 0 Å². The molecular weight excluding hydrogens is 335 g/mol. The van der Waals surface area contributed by atoms with Crippen molar-refractivity contribution >= 4 is 17.4 Å². The highest BCUT2D eigenvalue weighted by Crippen LogP contribution is 2.37. The minimum Gasteiger partial charge on any atom is -0.382 e. The van der Waals surface area contributed by atoms with E-state index in [2.05, 4.69) is 20.4 Å². The molecule has 0 aliphatic carbocycles. The van der Waals surface area contributed by atoms with E-state index in [1.807, 2.05) is 0 Å². The molecule has 1 atom stereocenters. The first-order valence-electron chi connectivity index (χ1n) is 6.86. The standard InChI is InChI=1S/C13H13ClF3N5O/c14-9-4-8(13(15,16)17)5-18-11(9)22-3-1-2-12(23,7-22)10-6-19-21-20-10/h4-6,23H,1-3,7H2,(H,19,20,21)/t12-/m1/s1. The lowest BCUT2D eigenvalue weighted by Gasteiger charge is -2.38. The number of nitrogens with zero attached hydrogens (tertiary/aromatic N) is 4. The Kier molecular flexibility index (Phi) is 3.93. The van der Waals surface area contributed by atoms with Crippen LogP contribution in [0.25, 0.3) is 0 Å². The van der Waals surface area contributed by atoms with E-state index in [0.717, 1.165) is 12.3 Å². The summed E-state index contributed by atoms with van der Waals surface area (Å²) in [6.45, 7) is 0.649. The highest BCUT2D eigenvalue weighted by atomic mass is 35.5. The van der Waals surface area contributed by atoms with Crippen molar-refractivity contribution in [1.82, 2.24) is 20.4 Å².